The summed E-state index contributed by atoms with van der Waals surface area (Å²) in [7, 11) is 0. The van der Waals surface area contributed by atoms with Gasteiger partial charge in [0, 0.05) is 18.4 Å². The van der Waals surface area contributed by atoms with E-state index < -0.39 is 6.36 Å². The van der Waals surface area contributed by atoms with E-state index in [0.29, 0.717) is 6.54 Å². The lowest BCUT2D eigenvalue weighted by atomic mass is 10.1. The third-order valence-electron chi connectivity index (χ3n) is 4.44. The first-order chi connectivity index (χ1) is 12.4. The van der Waals surface area contributed by atoms with Crippen LogP contribution >= 0.6 is 0 Å². The van der Waals surface area contributed by atoms with Crippen LogP contribution in [0, 0.1) is 0 Å². The summed E-state index contributed by atoms with van der Waals surface area (Å²) in [6.45, 7) is 2.43. The molecule has 1 amide bonds. The van der Waals surface area contributed by atoms with E-state index in [0.717, 1.165) is 43.8 Å². The summed E-state index contributed by atoms with van der Waals surface area (Å²) in [5.41, 5.74) is 0.272. The SMILES string of the molecule is O=C(NC[C@H](c1ccco1)[NH+]1CCCC1)c1ccc(OC(F)(F)F)cc1. The van der Waals surface area contributed by atoms with E-state index in [-0.39, 0.29) is 23.3 Å². The average Bonchev–Trinajstić information content (AvgIpc) is 3.28. The number of hydrogen-bond donors (Lipinski definition) is 2. The van der Waals surface area contributed by atoms with Crippen LogP contribution in [0.4, 0.5) is 13.2 Å². The highest BCUT2D eigenvalue weighted by atomic mass is 19.4. The summed E-state index contributed by atoms with van der Waals surface area (Å²) in [5, 5.41) is 2.85. The Bertz CT molecular complexity index is 708. The number of rotatable bonds is 6. The number of nitrogens with one attached hydrogen (secondary N) is 2. The van der Waals surface area contributed by atoms with Crippen molar-refractivity contribution in [1.29, 1.82) is 0 Å². The molecular weight excluding hydrogens is 349 g/mol. The van der Waals surface area contributed by atoms with Gasteiger partial charge in [-0.25, -0.2) is 0 Å². The second-order valence-electron chi connectivity index (χ2n) is 6.22. The summed E-state index contributed by atoms with van der Waals surface area (Å²) in [5.74, 6) is 0.110. The Morgan fingerprint density at radius 2 is 1.88 bits per heavy atom. The Morgan fingerprint density at radius 3 is 2.46 bits per heavy atom. The molecule has 1 fully saturated rings. The van der Waals surface area contributed by atoms with Crippen LogP contribution in [0.25, 0.3) is 0 Å². The molecule has 0 spiro atoms. The van der Waals surface area contributed by atoms with Crippen molar-refractivity contribution in [2.45, 2.75) is 25.2 Å². The van der Waals surface area contributed by atoms with Gasteiger partial charge in [0.15, 0.2) is 11.8 Å². The molecule has 0 unspecified atom stereocenters. The van der Waals surface area contributed by atoms with Gasteiger partial charge in [-0.15, -0.1) is 13.2 Å². The van der Waals surface area contributed by atoms with E-state index in [1.54, 1.807) is 6.26 Å². The van der Waals surface area contributed by atoms with Crippen LogP contribution in [0.5, 0.6) is 5.75 Å². The van der Waals surface area contributed by atoms with Gasteiger partial charge in [-0.1, -0.05) is 0 Å². The number of carbonyl (C=O) groups excluding carboxylic acids is 1. The predicted molar refractivity (Wildman–Crippen MR) is 86.8 cm³/mol. The van der Waals surface area contributed by atoms with E-state index in [4.69, 9.17) is 4.42 Å². The Hall–Kier alpha value is -2.48. The maximum atomic E-state index is 12.3. The predicted octanol–water partition coefficient (Wildman–Crippen LogP) is 2.33. The molecule has 3 rings (SSSR count). The quantitative estimate of drug-likeness (QED) is 0.822. The number of amides is 1. The molecule has 8 heteroatoms. The Kier molecular flexibility index (Phi) is 5.51. The zero-order chi connectivity index (χ0) is 18.6. The molecular formula is C18H20F3N2O3+. The molecule has 0 bridgehead atoms. The van der Waals surface area contributed by atoms with Crippen LogP contribution < -0.4 is 15.0 Å². The van der Waals surface area contributed by atoms with Crippen molar-refractivity contribution in [2.24, 2.45) is 0 Å². The highest BCUT2D eigenvalue weighted by molar-refractivity contribution is 5.94. The number of furan rings is 1. The lowest BCUT2D eigenvalue weighted by molar-refractivity contribution is -0.919. The van der Waals surface area contributed by atoms with E-state index in [2.05, 4.69) is 10.1 Å². The molecule has 0 aliphatic carbocycles. The first-order valence-corrected chi connectivity index (χ1v) is 8.44. The van der Waals surface area contributed by atoms with Crippen molar-refractivity contribution in [3.8, 4) is 5.75 Å². The summed E-state index contributed by atoms with van der Waals surface area (Å²) >= 11 is 0. The number of quaternary nitrogens is 1. The third-order valence-corrected chi connectivity index (χ3v) is 4.44. The van der Waals surface area contributed by atoms with E-state index >= 15 is 0 Å². The Labute approximate surface area is 148 Å². The standard InChI is InChI=1S/C18H19F3N2O3/c19-18(20,21)26-14-7-5-13(6-8-14)17(24)22-12-15(16-4-3-11-25-16)23-9-1-2-10-23/h3-8,11,15H,1-2,9-10,12H2,(H,22,24)/p+1/t15-/m1/s1. The van der Waals surface area contributed by atoms with Gasteiger partial charge in [-0.05, 0) is 36.4 Å². The van der Waals surface area contributed by atoms with Crippen LogP contribution in [-0.2, 0) is 0 Å². The monoisotopic (exact) mass is 369 g/mol. The third kappa shape index (κ3) is 4.78. The lowest BCUT2D eigenvalue weighted by Gasteiger charge is -2.23. The van der Waals surface area contributed by atoms with Gasteiger partial charge in [0.2, 0.25) is 0 Å². The van der Waals surface area contributed by atoms with Gasteiger partial charge >= 0.3 is 6.36 Å². The molecule has 2 aromatic rings. The topological polar surface area (TPSA) is 55.9 Å². The number of carbonyl (C=O) groups is 1. The smallest absolute Gasteiger partial charge is 0.463 e. The number of likely N-dealkylation sites (tertiary alicyclic amines) is 1. The summed E-state index contributed by atoms with van der Waals surface area (Å²) in [6, 6.07) is 8.59. The van der Waals surface area contributed by atoms with Crippen molar-refractivity contribution < 1.29 is 32.0 Å². The van der Waals surface area contributed by atoms with Crippen molar-refractivity contribution in [3.05, 3.63) is 54.0 Å². The first-order valence-electron chi connectivity index (χ1n) is 8.44. The van der Waals surface area contributed by atoms with Gasteiger partial charge in [0.25, 0.3) is 5.91 Å². The van der Waals surface area contributed by atoms with Crippen LogP contribution in [-0.4, -0.2) is 31.9 Å². The second kappa shape index (κ2) is 7.82. The summed E-state index contributed by atoms with van der Waals surface area (Å²) in [6.07, 6.45) is -0.861. The molecule has 1 saturated heterocycles. The van der Waals surface area contributed by atoms with Crippen molar-refractivity contribution in [3.63, 3.8) is 0 Å². The number of hydrogen-bond acceptors (Lipinski definition) is 3. The van der Waals surface area contributed by atoms with E-state index in [1.165, 1.54) is 17.0 Å². The molecule has 2 heterocycles. The summed E-state index contributed by atoms with van der Waals surface area (Å²) < 4.78 is 45.9. The van der Waals surface area contributed by atoms with Gasteiger partial charge < -0.3 is 19.4 Å². The van der Waals surface area contributed by atoms with Crippen molar-refractivity contribution in [2.75, 3.05) is 19.6 Å². The van der Waals surface area contributed by atoms with Gasteiger partial charge in [-0.2, -0.15) is 0 Å². The first kappa shape index (κ1) is 18.3. The highest BCUT2D eigenvalue weighted by Gasteiger charge is 2.31. The van der Waals surface area contributed by atoms with Crippen LogP contribution in [0.15, 0.2) is 47.1 Å². The van der Waals surface area contributed by atoms with Crippen LogP contribution in [0.1, 0.15) is 35.0 Å². The van der Waals surface area contributed by atoms with Crippen LogP contribution in [0.3, 0.4) is 0 Å². The maximum absolute atomic E-state index is 12.3. The van der Waals surface area contributed by atoms with Gasteiger partial charge in [0.05, 0.1) is 25.9 Å². The van der Waals surface area contributed by atoms with E-state index in [1.807, 2.05) is 12.1 Å². The minimum Gasteiger partial charge on any atom is -0.463 e. The minimum atomic E-state index is -4.75. The zero-order valence-corrected chi connectivity index (χ0v) is 14.0. The fourth-order valence-electron chi connectivity index (χ4n) is 3.22. The molecule has 1 atom stereocenters. The molecule has 140 valence electrons. The number of alkyl halides is 3. The minimum absolute atomic E-state index is 0.0179. The Balaban J connectivity index is 1.61. The molecule has 1 aromatic heterocycles. The van der Waals surface area contributed by atoms with E-state index in [9.17, 15) is 18.0 Å². The second-order valence-corrected chi connectivity index (χ2v) is 6.22. The van der Waals surface area contributed by atoms with Crippen molar-refractivity contribution >= 4 is 5.91 Å². The van der Waals surface area contributed by atoms with Gasteiger partial charge in [0.1, 0.15) is 5.75 Å². The fourth-order valence-corrected chi connectivity index (χ4v) is 3.22. The molecule has 0 radical (unpaired) electrons. The van der Waals surface area contributed by atoms with Gasteiger partial charge in [-0.3, -0.25) is 4.79 Å². The molecule has 1 aromatic carbocycles. The average molecular weight is 369 g/mol. The zero-order valence-electron chi connectivity index (χ0n) is 14.0. The van der Waals surface area contributed by atoms with Crippen LogP contribution in [0.2, 0.25) is 0 Å². The maximum Gasteiger partial charge on any atom is 0.573 e. The molecule has 5 nitrogen and oxygen atoms in total. The molecule has 26 heavy (non-hydrogen) atoms. The number of benzene rings is 1. The van der Waals surface area contributed by atoms with Crippen molar-refractivity contribution in [1.82, 2.24) is 5.32 Å². The molecule has 2 N–H and O–H groups in total. The normalized spacial score (nSPS) is 16.4. The largest absolute Gasteiger partial charge is 0.573 e. The Morgan fingerprint density at radius 1 is 1.19 bits per heavy atom. The molecule has 0 saturated carbocycles. The summed E-state index contributed by atoms with van der Waals surface area (Å²) in [4.78, 5) is 13.7. The highest BCUT2D eigenvalue weighted by Crippen LogP contribution is 2.22. The molecule has 1 aliphatic heterocycles. The number of halogens is 3. The lowest BCUT2D eigenvalue weighted by Crippen LogP contribution is -3.11. The number of ether oxygens (including phenoxy) is 1. The molecule has 1 aliphatic rings. The fraction of sp³-hybridized carbons (Fsp3) is 0.389.